The topological polar surface area (TPSA) is 221 Å². The highest BCUT2D eigenvalue weighted by Gasteiger charge is 2.31. The minimum absolute atomic E-state index is 0.0189. The lowest BCUT2D eigenvalue weighted by Crippen LogP contribution is -2.48. The first-order valence-electron chi connectivity index (χ1n) is 21.8. The van der Waals surface area contributed by atoms with Crippen LogP contribution in [0.1, 0.15) is 117 Å². The van der Waals surface area contributed by atoms with Crippen LogP contribution in [0.25, 0.3) is 0 Å². The summed E-state index contributed by atoms with van der Waals surface area (Å²) in [6, 6.07) is 8.95. The van der Waals surface area contributed by atoms with Gasteiger partial charge in [0.25, 0.3) is 5.91 Å². The summed E-state index contributed by atoms with van der Waals surface area (Å²) in [6.07, 6.45) is 5.38. The van der Waals surface area contributed by atoms with Gasteiger partial charge in [0.2, 0.25) is 23.6 Å². The van der Waals surface area contributed by atoms with Gasteiger partial charge in [-0.2, -0.15) is 0 Å². The Kier molecular flexibility index (Phi) is 20.9. The first kappa shape index (κ1) is 52.3. The van der Waals surface area contributed by atoms with Crippen molar-refractivity contribution in [1.82, 2.24) is 26.3 Å². The number of rotatable bonds is 29. The van der Waals surface area contributed by atoms with E-state index in [0.717, 1.165) is 43.5 Å². The number of hydrogen-bond acceptors (Lipinski definition) is 12. The molecule has 0 saturated heterocycles. The molecule has 7 N–H and O–H groups in total. The van der Waals surface area contributed by atoms with E-state index in [9.17, 15) is 24.0 Å². The Balaban J connectivity index is 1.26. The summed E-state index contributed by atoms with van der Waals surface area (Å²) in [6.45, 7) is 18.6. The van der Waals surface area contributed by atoms with Crippen LogP contribution in [-0.4, -0.2) is 115 Å². The van der Waals surface area contributed by atoms with Crippen LogP contribution < -0.4 is 32.3 Å². The number of nitrogens with zero attached hydrogens (tertiary/aromatic N) is 1. The molecule has 1 aliphatic rings. The summed E-state index contributed by atoms with van der Waals surface area (Å²) in [5.74, 6) is -1.72. The van der Waals surface area contributed by atoms with E-state index in [2.05, 4.69) is 38.5 Å². The zero-order valence-corrected chi connectivity index (χ0v) is 39.3. The zero-order chi connectivity index (χ0) is 46.0. The number of carbonyl (C=O) groups is 5. The lowest BCUT2D eigenvalue weighted by atomic mass is 9.97. The lowest BCUT2D eigenvalue weighted by Gasteiger charge is -2.32. The number of nitrogens with one attached hydrogen (secondary N) is 5. The number of fused-ring (bicyclic) bond motifs is 1. The summed E-state index contributed by atoms with van der Waals surface area (Å²) in [5, 5.41) is 15.7. The number of aromatic nitrogens is 1. The molecule has 0 bridgehead atoms. The Bertz CT molecular complexity index is 1750. The molecule has 0 spiro atoms. The van der Waals surface area contributed by atoms with Gasteiger partial charge in [0.1, 0.15) is 19.3 Å². The summed E-state index contributed by atoms with van der Waals surface area (Å²) < 4.78 is 23.1. The van der Waals surface area contributed by atoms with Gasteiger partial charge in [-0.25, -0.2) is 4.98 Å². The van der Waals surface area contributed by atoms with Gasteiger partial charge in [0.05, 0.1) is 43.0 Å². The van der Waals surface area contributed by atoms with Gasteiger partial charge in [0, 0.05) is 41.6 Å². The van der Waals surface area contributed by atoms with Gasteiger partial charge in [0.15, 0.2) is 5.13 Å². The van der Waals surface area contributed by atoms with Crippen LogP contribution in [0.3, 0.4) is 0 Å². The van der Waals surface area contributed by atoms with E-state index in [4.69, 9.17) is 24.7 Å². The molecule has 0 aliphatic heterocycles. The van der Waals surface area contributed by atoms with E-state index in [-0.39, 0.29) is 69.5 Å². The average molecular weight is 888 g/mol. The van der Waals surface area contributed by atoms with Gasteiger partial charge in [-0.05, 0) is 106 Å². The fraction of sp³-hybridized carbons (Fsp3) is 0.689. The summed E-state index contributed by atoms with van der Waals surface area (Å²) in [7, 11) is 0. The summed E-state index contributed by atoms with van der Waals surface area (Å²) in [4.78, 5) is 68.8. The first-order chi connectivity index (χ1) is 29.1. The van der Waals surface area contributed by atoms with Crippen LogP contribution in [0.15, 0.2) is 30.3 Å². The second-order valence-corrected chi connectivity index (χ2v) is 19.7. The van der Waals surface area contributed by atoms with Crippen molar-refractivity contribution in [3.8, 4) is 0 Å². The Morgan fingerprint density at radius 3 is 1.94 bits per heavy atom. The number of thiazole rings is 1. The molecule has 1 aromatic heterocycles. The van der Waals surface area contributed by atoms with Crippen molar-refractivity contribution in [1.29, 1.82) is 0 Å². The van der Waals surface area contributed by atoms with Gasteiger partial charge in [-0.3, -0.25) is 29.3 Å². The number of hydrogen-bond donors (Lipinski definition) is 6. The molecular weight excluding hydrogens is 815 g/mol. The maximum atomic E-state index is 13.1. The monoisotopic (exact) mass is 888 g/mol. The van der Waals surface area contributed by atoms with Gasteiger partial charge in [-0.1, -0.05) is 37.3 Å². The highest BCUT2D eigenvalue weighted by Crippen LogP contribution is 2.30. The quantitative estimate of drug-likeness (QED) is 0.0638. The molecule has 348 valence electrons. The Morgan fingerprint density at radius 1 is 0.790 bits per heavy atom. The Hall–Kier alpha value is -4.00. The van der Waals surface area contributed by atoms with E-state index in [0.29, 0.717) is 37.0 Å². The molecule has 3 rings (SSSR count). The zero-order valence-electron chi connectivity index (χ0n) is 38.5. The van der Waals surface area contributed by atoms with E-state index < -0.39 is 34.2 Å². The van der Waals surface area contributed by atoms with Crippen LogP contribution in [-0.2, 0) is 62.2 Å². The molecule has 0 radical (unpaired) electrons. The molecular formula is C45H73N7O9S. The van der Waals surface area contributed by atoms with E-state index in [1.807, 2.05) is 71.9 Å². The van der Waals surface area contributed by atoms with Crippen LogP contribution in [0.2, 0.25) is 0 Å². The van der Waals surface area contributed by atoms with Gasteiger partial charge < -0.3 is 45.9 Å². The molecule has 2 unspecified atom stereocenters. The largest absolute Gasteiger partial charge is 0.375 e. The molecule has 0 saturated carbocycles. The van der Waals surface area contributed by atoms with Crippen LogP contribution in [0.5, 0.6) is 0 Å². The second-order valence-electron chi connectivity index (χ2n) is 18.6. The minimum atomic E-state index is -0.838. The van der Waals surface area contributed by atoms with Gasteiger partial charge >= 0.3 is 0 Å². The number of nitrogens with two attached hydrogens (primary N) is 1. The first-order valence-corrected chi connectivity index (χ1v) is 22.6. The smallest absolute Gasteiger partial charge is 0.252 e. The van der Waals surface area contributed by atoms with Crippen molar-refractivity contribution in [3.05, 3.63) is 46.5 Å². The third kappa shape index (κ3) is 20.9. The molecule has 2 aromatic rings. The molecule has 1 heterocycles. The van der Waals surface area contributed by atoms with Crippen LogP contribution >= 0.6 is 11.3 Å². The average Bonchev–Trinajstić information content (AvgIpc) is 3.55. The molecule has 2 atom stereocenters. The second kappa shape index (κ2) is 24.7. The van der Waals surface area contributed by atoms with Crippen molar-refractivity contribution in [3.63, 3.8) is 0 Å². The molecule has 5 amide bonds. The maximum Gasteiger partial charge on any atom is 0.252 e. The summed E-state index contributed by atoms with van der Waals surface area (Å²) in [5.41, 5.74) is 4.70. The lowest BCUT2D eigenvalue weighted by molar-refractivity contribution is -0.132. The predicted molar refractivity (Wildman–Crippen MR) is 241 cm³/mol. The fourth-order valence-electron chi connectivity index (χ4n) is 6.87. The molecule has 16 nitrogen and oxygen atoms in total. The minimum Gasteiger partial charge on any atom is -0.375 e. The molecule has 0 fully saturated rings. The van der Waals surface area contributed by atoms with Gasteiger partial charge in [-0.15, -0.1) is 11.3 Å². The molecule has 1 aliphatic carbocycles. The van der Waals surface area contributed by atoms with Crippen LogP contribution in [0.4, 0.5) is 5.13 Å². The number of amides is 5. The highest BCUT2D eigenvalue weighted by molar-refractivity contribution is 7.15. The van der Waals surface area contributed by atoms with Crippen LogP contribution in [0, 0.1) is 0 Å². The van der Waals surface area contributed by atoms with Crippen molar-refractivity contribution in [2.24, 2.45) is 5.73 Å². The third-order valence-corrected chi connectivity index (χ3v) is 11.3. The van der Waals surface area contributed by atoms with Crippen molar-refractivity contribution in [2.75, 3.05) is 51.5 Å². The number of ether oxygens (including phenoxy) is 4. The number of aryl methyl sites for hydroxylation is 1. The summed E-state index contributed by atoms with van der Waals surface area (Å²) >= 11 is 1.52. The Morgan fingerprint density at radius 2 is 1.35 bits per heavy atom. The molecule has 1 aromatic carbocycles. The highest BCUT2D eigenvalue weighted by atomic mass is 32.1. The number of anilines is 1. The van der Waals surface area contributed by atoms with E-state index >= 15 is 0 Å². The van der Waals surface area contributed by atoms with Crippen molar-refractivity contribution >= 4 is 46.0 Å². The number of primary amides is 1. The van der Waals surface area contributed by atoms with Crippen molar-refractivity contribution in [2.45, 2.75) is 154 Å². The van der Waals surface area contributed by atoms with E-state index in [1.54, 1.807) is 13.8 Å². The molecule has 62 heavy (non-hydrogen) atoms. The molecule has 17 heteroatoms. The fourth-order valence-corrected chi connectivity index (χ4v) is 7.98. The number of benzene rings is 1. The normalized spacial score (nSPS) is 15.0. The maximum absolute atomic E-state index is 13.1. The van der Waals surface area contributed by atoms with E-state index in [1.165, 1.54) is 16.2 Å². The van der Waals surface area contributed by atoms with Crippen molar-refractivity contribution < 1.29 is 42.9 Å². The third-order valence-electron chi connectivity index (χ3n) is 10.2. The predicted octanol–water partition coefficient (Wildman–Crippen LogP) is 4.12. The SMILES string of the molecule is CCCNC1CCc2nc(NC(=O)COCCOCC(=O)NC(C)(C)CCOC(C)(C)CC(=O)NC(C)(C)CCOC(C)(C)CC(=O)NC(Cc3ccccc3)C(N)=O)sc2C1. The number of carbonyl (C=O) groups excluding carboxylic acids is 5. The Labute approximate surface area is 372 Å². The standard InChI is InChI=1S/C45H73N7O9S/c1-10-20-47-32-16-17-33-35(26-32)62-41(49-33)50-38(55)29-58-23-24-59-30-39(56)52-43(4,5)19-22-61-45(8,9)28-37(54)51-42(2,3)18-21-60-44(6,7)27-36(53)48-34(40(46)57)25-31-14-12-11-13-15-31/h11-15,32,34,47H,10,16-30H2,1-9H3,(H2,46,57)(H,48,53)(H,51,54)(H,52,56)(H,49,50,55).